The van der Waals surface area contributed by atoms with Crippen LogP contribution in [0.5, 0.6) is 0 Å². The van der Waals surface area contributed by atoms with Crippen LogP contribution in [0, 0.1) is 5.92 Å². The molecule has 0 radical (unpaired) electrons. The van der Waals surface area contributed by atoms with Crippen molar-refractivity contribution in [2.75, 3.05) is 25.0 Å². The second kappa shape index (κ2) is 6.78. The highest BCUT2D eigenvalue weighted by atomic mass is 32.1. The van der Waals surface area contributed by atoms with Crippen molar-refractivity contribution >= 4 is 22.4 Å². The van der Waals surface area contributed by atoms with Crippen molar-refractivity contribution in [2.45, 2.75) is 44.7 Å². The minimum absolute atomic E-state index is 0.435. The number of carbonyl (C=O) groups excluding carboxylic acids is 1. The largest absolute Gasteiger partial charge is 0.301 e. The number of piperidine rings is 1. The van der Waals surface area contributed by atoms with Gasteiger partial charge >= 0.3 is 0 Å². The van der Waals surface area contributed by atoms with Crippen LogP contribution in [0.1, 0.15) is 31.9 Å². The summed E-state index contributed by atoms with van der Waals surface area (Å²) in [6.45, 7) is 4.73. The van der Waals surface area contributed by atoms with E-state index < -0.39 is 30.8 Å². The lowest BCUT2D eigenvalue weighted by Crippen LogP contribution is -2.35. The standard InChI is InChI=1S/C15H22F2N4OS/c1-10-3-2-4-21(6-10)7-11-8-23-14(19-11)20-13(22)12-5-15(16,17)9-18-12/h8,10,12,18H,2-7,9H2,1H3,(H,19,20,22). The quantitative estimate of drug-likeness (QED) is 0.880. The smallest absolute Gasteiger partial charge is 0.262 e. The van der Waals surface area contributed by atoms with Crippen LogP contribution in [-0.2, 0) is 11.3 Å². The maximum atomic E-state index is 13.1. The van der Waals surface area contributed by atoms with Gasteiger partial charge in [0.1, 0.15) is 0 Å². The number of anilines is 1. The highest BCUT2D eigenvalue weighted by Crippen LogP contribution is 2.26. The number of carbonyl (C=O) groups is 1. The van der Waals surface area contributed by atoms with E-state index in [1.807, 2.05) is 5.38 Å². The summed E-state index contributed by atoms with van der Waals surface area (Å²) in [5, 5.41) is 7.59. The topological polar surface area (TPSA) is 57.3 Å². The third-order valence-electron chi connectivity index (χ3n) is 4.33. The molecule has 2 atom stereocenters. The lowest BCUT2D eigenvalue weighted by atomic mass is 10.0. The number of rotatable bonds is 4. The zero-order valence-electron chi connectivity index (χ0n) is 13.1. The summed E-state index contributed by atoms with van der Waals surface area (Å²) in [7, 11) is 0. The Kier molecular flexibility index (Phi) is 4.93. The van der Waals surface area contributed by atoms with Crippen LogP contribution in [0.3, 0.4) is 0 Å². The summed E-state index contributed by atoms with van der Waals surface area (Å²) < 4.78 is 26.3. The fourth-order valence-electron chi connectivity index (χ4n) is 3.19. The van der Waals surface area contributed by atoms with E-state index in [-0.39, 0.29) is 0 Å². The van der Waals surface area contributed by atoms with Crippen LogP contribution in [0.15, 0.2) is 5.38 Å². The first kappa shape index (κ1) is 16.7. The number of hydrogen-bond acceptors (Lipinski definition) is 5. The number of hydrogen-bond donors (Lipinski definition) is 2. The molecule has 8 heteroatoms. The Bertz CT molecular complexity index is 565. The van der Waals surface area contributed by atoms with E-state index in [1.165, 1.54) is 24.2 Å². The van der Waals surface area contributed by atoms with E-state index >= 15 is 0 Å². The molecule has 2 aliphatic heterocycles. The van der Waals surface area contributed by atoms with Gasteiger partial charge in [0, 0.05) is 24.9 Å². The molecule has 0 aromatic carbocycles. The van der Waals surface area contributed by atoms with E-state index in [2.05, 4.69) is 27.4 Å². The van der Waals surface area contributed by atoms with Gasteiger partial charge in [-0.15, -0.1) is 11.3 Å². The fraction of sp³-hybridized carbons (Fsp3) is 0.733. The highest BCUT2D eigenvalue weighted by Gasteiger charge is 2.42. The van der Waals surface area contributed by atoms with Gasteiger partial charge in [-0.05, 0) is 25.3 Å². The number of nitrogens with zero attached hydrogens (tertiary/aromatic N) is 2. The Morgan fingerprint density at radius 3 is 3.13 bits per heavy atom. The summed E-state index contributed by atoms with van der Waals surface area (Å²) in [4.78, 5) is 18.8. The molecule has 2 unspecified atom stereocenters. The Morgan fingerprint density at radius 1 is 1.61 bits per heavy atom. The lowest BCUT2D eigenvalue weighted by molar-refractivity contribution is -0.118. The first-order valence-corrected chi connectivity index (χ1v) is 8.88. The first-order valence-electron chi connectivity index (χ1n) is 8.00. The Hall–Kier alpha value is -1.12. The summed E-state index contributed by atoms with van der Waals surface area (Å²) in [6, 6.07) is -0.847. The zero-order chi connectivity index (χ0) is 16.4. The molecule has 2 N–H and O–H groups in total. The second-order valence-corrected chi connectivity index (χ2v) is 7.47. The number of alkyl halides is 2. The summed E-state index contributed by atoms with van der Waals surface area (Å²) in [5.41, 5.74) is 0.920. The van der Waals surface area contributed by atoms with Crippen molar-refractivity contribution in [1.29, 1.82) is 0 Å². The first-order chi connectivity index (χ1) is 10.9. The SMILES string of the molecule is CC1CCCN(Cc2csc(NC(=O)C3CC(F)(F)CN3)n2)C1. The van der Waals surface area contributed by atoms with Crippen molar-refractivity contribution in [2.24, 2.45) is 5.92 Å². The molecular formula is C15H22F2N4OS. The van der Waals surface area contributed by atoms with Crippen molar-refractivity contribution in [1.82, 2.24) is 15.2 Å². The molecule has 23 heavy (non-hydrogen) atoms. The van der Waals surface area contributed by atoms with Crippen LogP contribution in [-0.4, -0.2) is 47.4 Å². The Labute approximate surface area is 138 Å². The minimum Gasteiger partial charge on any atom is -0.301 e. The normalized spacial score (nSPS) is 28.0. The van der Waals surface area contributed by atoms with Gasteiger partial charge in [0.25, 0.3) is 5.92 Å². The van der Waals surface area contributed by atoms with Crippen molar-refractivity contribution in [3.8, 4) is 0 Å². The van der Waals surface area contributed by atoms with Gasteiger partial charge in [0.2, 0.25) is 5.91 Å². The molecule has 2 saturated heterocycles. The molecule has 0 saturated carbocycles. The molecule has 0 spiro atoms. The van der Waals surface area contributed by atoms with Crippen LogP contribution < -0.4 is 10.6 Å². The van der Waals surface area contributed by atoms with Gasteiger partial charge in [-0.3, -0.25) is 15.0 Å². The molecule has 1 aromatic rings. The van der Waals surface area contributed by atoms with E-state index in [0.717, 1.165) is 25.3 Å². The van der Waals surface area contributed by atoms with E-state index in [4.69, 9.17) is 0 Å². The van der Waals surface area contributed by atoms with Crippen LogP contribution in [0.25, 0.3) is 0 Å². The van der Waals surface area contributed by atoms with Gasteiger partial charge in [0.15, 0.2) is 5.13 Å². The molecule has 2 fully saturated rings. The van der Waals surface area contributed by atoms with E-state index in [0.29, 0.717) is 11.0 Å². The van der Waals surface area contributed by atoms with Crippen LogP contribution in [0.4, 0.5) is 13.9 Å². The van der Waals surface area contributed by atoms with E-state index in [1.54, 1.807) is 0 Å². The molecule has 3 heterocycles. The lowest BCUT2D eigenvalue weighted by Gasteiger charge is -2.30. The minimum atomic E-state index is -2.80. The third-order valence-corrected chi connectivity index (χ3v) is 5.14. The zero-order valence-corrected chi connectivity index (χ0v) is 14.0. The summed E-state index contributed by atoms with van der Waals surface area (Å²) in [6.07, 6.45) is 2.02. The van der Waals surface area contributed by atoms with Gasteiger partial charge in [-0.25, -0.2) is 13.8 Å². The van der Waals surface area contributed by atoms with Gasteiger partial charge < -0.3 is 5.32 Å². The van der Waals surface area contributed by atoms with Crippen molar-refractivity contribution < 1.29 is 13.6 Å². The maximum absolute atomic E-state index is 13.1. The maximum Gasteiger partial charge on any atom is 0.262 e. The number of nitrogens with one attached hydrogen (secondary N) is 2. The highest BCUT2D eigenvalue weighted by molar-refractivity contribution is 7.13. The predicted molar refractivity (Wildman–Crippen MR) is 85.8 cm³/mol. The molecule has 0 bridgehead atoms. The molecule has 1 amide bonds. The number of halogens is 2. The van der Waals surface area contributed by atoms with Gasteiger partial charge in [-0.1, -0.05) is 6.92 Å². The van der Waals surface area contributed by atoms with Crippen LogP contribution in [0.2, 0.25) is 0 Å². The van der Waals surface area contributed by atoms with Crippen LogP contribution >= 0.6 is 11.3 Å². The Balaban J connectivity index is 1.52. The van der Waals surface area contributed by atoms with Crippen molar-refractivity contribution in [3.63, 3.8) is 0 Å². The predicted octanol–water partition coefficient (Wildman–Crippen LogP) is 2.31. The average molecular weight is 344 g/mol. The third kappa shape index (κ3) is 4.45. The van der Waals surface area contributed by atoms with E-state index in [9.17, 15) is 13.6 Å². The number of likely N-dealkylation sites (tertiary alicyclic amines) is 1. The molecular weight excluding hydrogens is 322 g/mol. The number of thiazole rings is 1. The molecule has 0 aliphatic carbocycles. The monoisotopic (exact) mass is 344 g/mol. The fourth-order valence-corrected chi connectivity index (χ4v) is 3.89. The molecule has 2 aliphatic rings. The summed E-state index contributed by atoms with van der Waals surface area (Å²) >= 11 is 1.34. The van der Waals surface area contributed by atoms with Gasteiger partial charge in [0.05, 0.1) is 18.3 Å². The number of amides is 1. The van der Waals surface area contributed by atoms with Gasteiger partial charge in [-0.2, -0.15) is 0 Å². The van der Waals surface area contributed by atoms with Crippen molar-refractivity contribution in [3.05, 3.63) is 11.1 Å². The second-order valence-electron chi connectivity index (χ2n) is 6.61. The number of aromatic nitrogens is 1. The molecule has 1 aromatic heterocycles. The Morgan fingerprint density at radius 2 is 2.43 bits per heavy atom. The summed E-state index contributed by atoms with van der Waals surface area (Å²) in [5.74, 6) is -2.53. The molecule has 5 nitrogen and oxygen atoms in total. The molecule has 128 valence electrons. The average Bonchev–Trinajstić information content (AvgIpc) is 3.05. The molecule has 3 rings (SSSR count).